The summed E-state index contributed by atoms with van der Waals surface area (Å²) in [6.07, 6.45) is 2.11. The van der Waals surface area contributed by atoms with E-state index in [1.165, 1.54) is 6.20 Å². The largest absolute Gasteiger partial charge is 0.477 e. The van der Waals surface area contributed by atoms with Gasteiger partial charge in [0.05, 0.1) is 0 Å². The number of rotatable bonds is 4. The summed E-state index contributed by atoms with van der Waals surface area (Å²) in [6, 6.07) is 1.03. The lowest BCUT2D eigenvalue weighted by molar-refractivity contribution is 0.0688. The molecule has 0 radical (unpaired) electrons. The fourth-order valence-electron chi connectivity index (χ4n) is 1.42. The van der Waals surface area contributed by atoms with Crippen molar-refractivity contribution in [3.05, 3.63) is 29.1 Å². The minimum absolute atomic E-state index is 0.0481. The Labute approximate surface area is 92.5 Å². The van der Waals surface area contributed by atoms with E-state index >= 15 is 0 Å². The fraction of sp³-hybridized carbons (Fsp3) is 0.300. The maximum Gasteiger partial charge on any atom is 0.354 e. The summed E-state index contributed by atoms with van der Waals surface area (Å²) in [5.74, 6) is -1.11. The minimum Gasteiger partial charge on any atom is -0.477 e. The topological polar surface area (TPSA) is 105 Å². The smallest absolute Gasteiger partial charge is 0.354 e. The van der Waals surface area contributed by atoms with Gasteiger partial charge in [0.2, 0.25) is 0 Å². The Hall–Kier alpha value is -2.11. The van der Waals surface area contributed by atoms with Crippen molar-refractivity contribution in [3.63, 3.8) is 0 Å². The predicted octanol–water partition coefficient (Wildman–Crippen LogP) is 0.511. The highest BCUT2D eigenvalue weighted by molar-refractivity contribution is 5.87. The predicted molar refractivity (Wildman–Crippen MR) is 57.0 cm³/mol. The molecule has 0 aliphatic heterocycles. The molecular weight excluding hydrogens is 210 g/mol. The fourth-order valence-corrected chi connectivity index (χ4v) is 1.42. The van der Waals surface area contributed by atoms with Crippen LogP contribution in [0.25, 0.3) is 0 Å². The molecule has 0 aliphatic rings. The van der Waals surface area contributed by atoms with Gasteiger partial charge in [-0.2, -0.15) is 0 Å². The highest BCUT2D eigenvalue weighted by Gasteiger charge is 2.14. The molecule has 1 rings (SSSR count). The first-order valence-electron chi connectivity index (χ1n) is 4.79. The maximum absolute atomic E-state index is 10.9. The average Bonchev–Trinajstić information content (AvgIpc) is 2.25. The van der Waals surface area contributed by atoms with E-state index in [0.717, 1.165) is 5.56 Å². The zero-order chi connectivity index (χ0) is 12.1. The van der Waals surface area contributed by atoms with Crippen molar-refractivity contribution in [1.29, 1.82) is 0 Å². The Morgan fingerprint density at radius 1 is 1.56 bits per heavy atom. The molecule has 2 amide bonds. The van der Waals surface area contributed by atoms with Crippen molar-refractivity contribution < 1.29 is 14.7 Å². The second-order valence-corrected chi connectivity index (χ2v) is 3.17. The van der Waals surface area contributed by atoms with Gasteiger partial charge in [0, 0.05) is 18.3 Å². The van der Waals surface area contributed by atoms with E-state index in [1.807, 2.05) is 6.92 Å². The number of aromatic nitrogens is 1. The second kappa shape index (κ2) is 5.11. The first-order chi connectivity index (χ1) is 7.56. The van der Waals surface area contributed by atoms with Gasteiger partial charge in [0.1, 0.15) is 0 Å². The van der Waals surface area contributed by atoms with E-state index < -0.39 is 12.0 Å². The number of nitrogens with one attached hydrogen (secondary N) is 1. The van der Waals surface area contributed by atoms with Gasteiger partial charge in [-0.3, -0.25) is 0 Å². The van der Waals surface area contributed by atoms with E-state index in [9.17, 15) is 9.59 Å². The molecule has 0 fully saturated rings. The van der Waals surface area contributed by atoms with Crippen molar-refractivity contribution in [2.45, 2.75) is 19.9 Å². The number of carbonyl (C=O) groups is 2. The summed E-state index contributed by atoms with van der Waals surface area (Å²) in [7, 11) is 0. The lowest BCUT2D eigenvalue weighted by Crippen LogP contribution is -2.30. The molecular formula is C10H13N3O3. The molecule has 0 spiro atoms. The van der Waals surface area contributed by atoms with E-state index in [0.29, 0.717) is 12.0 Å². The number of nitrogens with zero attached hydrogens (tertiary/aromatic N) is 1. The molecule has 0 saturated carbocycles. The third kappa shape index (κ3) is 2.69. The number of urea groups is 1. The Bertz CT molecular complexity index is 418. The number of pyridine rings is 1. The Morgan fingerprint density at radius 2 is 2.25 bits per heavy atom. The molecule has 86 valence electrons. The molecule has 0 bridgehead atoms. The molecule has 0 aromatic carbocycles. The van der Waals surface area contributed by atoms with Crippen molar-refractivity contribution in [2.24, 2.45) is 5.73 Å². The van der Waals surface area contributed by atoms with Crippen LogP contribution in [0, 0.1) is 0 Å². The van der Waals surface area contributed by atoms with Crippen LogP contribution in [0.15, 0.2) is 12.3 Å². The van der Waals surface area contributed by atoms with Crippen LogP contribution in [-0.2, 0) is 13.0 Å². The number of aryl methyl sites for hydroxylation is 1. The monoisotopic (exact) mass is 223 g/mol. The number of nitrogens with two attached hydrogens (primary N) is 1. The van der Waals surface area contributed by atoms with E-state index in [4.69, 9.17) is 10.8 Å². The van der Waals surface area contributed by atoms with Crippen LogP contribution in [-0.4, -0.2) is 22.1 Å². The standard InChI is InChI=1S/C10H13N3O3/c1-2-6-3-4-12-8(9(14)15)7(6)5-13-10(11)16/h3-4H,2,5H2,1H3,(H,14,15)(H3,11,13,16). The zero-order valence-corrected chi connectivity index (χ0v) is 8.86. The van der Waals surface area contributed by atoms with Gasteiger partial charge in [0.15, 0.2) is 5.69 Å². The number of hydrogen-bond acceptors (Lipinski definition) is 3. The average molecular weight is 223 g/mol. The van der Waals surface area contributed by atoms with E-state index in [2.05, 4.69) is 10.3 Å². The van der Waals surface area contributed by atoms with E-state index in [-0.39, 0.29) is 12.2 Å². The van der Waals surface area contributed by atoms with Crippen LogP contribution in [0.1, 0.15) is 28.5 Å². The molecule has 0 unspecified atom stereocenters. The molecule has 6 nitrogen and oxygen atoms in total. The number of carboxylic acids is 1. The number of primary amides is 1. The maximum atomic E-state index is 10.9. The summed E-state index contributed by atoms with van der Waals surface area (Å²) < 4.78 is 0. The van der Waals surface area contributed by atoms with Crippen molar-refractivity contribution in [1.82, 2.24) is 10.3 Å². The van der Waals surface area contributed by atoms with Gasteiger partial charge in [-0.15, -0.1) is 0 Å². The molecule has 1 aromatic rings. The van der Waals surface area contributed by atoms with Crippen LogP contribution in [0.3, 0.4) is 0 Å². The minimum atomic E-state index is -1.11. The van der Waals surface area contributed by atoms with Gasteiger partial charge in [-0.05, 0) is 18.1 Å². The number of hydrogen-bond donors (Lipinski definition) is 3. The molecule has 4 N–H and O–H groups in total. The summed E-state index contributed by atoms with van der Waals surface area (Å²) in [4.78, 5) is 25.3. The van der Waals surface area contributed by atoms with Crippen LogP contribution >= 0.6 is 0 Å². The molecule has 1 aromatic heterocycles. The summed E-state index contributed by atoms with van der Waals surface area (Å²) >= 11 is 0. The highest BCUT2D eigenvalue weighted by Crippen LogP contribution is 2.13. The Balaban J connectivity index is 3.09. The summed E-state index contributed by atoms with van der Waals surface area (Å²) in [5.41, 5.74) is 6.22. The lowest BCUT2D eigenvalue weighted by atomic mass is 10.0. The van der Waals surface area contributed by atoms with Gasteiger partial charge >= 0.3 is 12.0 Å². The summed E-state index contributed by atoms with van der Waals surface area (Å²) in [6.45, 7) is 1.97. The molecule has 0 atom stereocenters. The van der Waals surface area contributed by atoms with Crippen molar-refractivity contribution in [2.75, 3.05) is 0 Å². The first kappa shape index (κ1) is 12.0. The third-order valence-corrected chi connectivity index (χ3v) is 2.18. The van der Waals surface area contributed by atoms with Gasteiger partial charge in [0.25, 0.3) is 0 Å². The highest BCUT2D eigenvalue weighted by atomic mass is 16.4. The number of aromatic carboxylic acids is 1. The van der Waals surface area contributed by atoms with Crippen LogP contribution in [0.5, 0.6) is 0 Å². The van der Waals surface area contributed by atoms with Crippen LogP contribution in [0.4, 0.5) is 4.79 Å². The zero-order valence-electron chi connectivity index (χ0n) is 8.86. The summed E-state index contributed by atoms with van der Waals surface area (Å²) in [5, 5.41) is 11.3. The van der Waals surface area contributed by atoms with Crippen LogP contribution in [0.2, 0.25) is 0 Å². The van der Waals surface area contributed by atoms with Gasteiger partial charge in [-0.25, -0.2) is 14.6 Å². The van der Waals surface area contributed by atoms with Gasteiger partial charge < -0.3 is 16.2 Å². The number of carboxylic acid groups (broad SMARTS) is 1. The number of carbonyl (C=O) groups excluding carboxylic acids is 1. The quantitative estimate of drug-likeness (QED) is 0.691. The Morgan fingerprint density at radius 3 is 2.75 bits per heavy atom. The molecule has 0 saturated heterocycles. The lowest BCUT2D eigenvalue weighted by Gasteiger charge is -2.10. The molecule has 6 heteroatoms. The molecule has 16 heavy (non-hydrogen) atoms. The van der Waals surface area contributed by atoms with Crippen molar-refractivity contribution in [3.8, 4) is 0 Å². The molecule has 0 aliphatic carbocycles. The van der Waals surface area contributed by atoms with Crippen LogP contribution < -0.4 is 11.1 Å². The van der Waals surface area contributed by atoms with E-state index in [1.54, 1.807) is 6.07 Å². The van der Waals surface area contributed by atoms with Crippen molar-refractivity contribution >= 4 is 12.0 Å². The third-order valence-electron chi connectivity index (χ3n) is 2.18. The SMILES string of the molecule is CCc1ccnc(C(=O)O)c1CNC(N)=O. The van der Waals surface area contributed by atoms with Gasteiger partial charge in [-0.1, -0.05) is 6.92 Å². The molecule has 1 heterocycles. The number of amides is 2. The second-order valence-electron chi connectivity index (χ2n) is 3.17. The Kier molecular flexibility index (Phi) is 3.82. The normalized spacial score (nSPS) is 9.81. The first-order valence-corrected chi connectivity index (χ1v) is 4.79.